The maximum Gasteiger partial charge on any atom is 0.196 e. The van der Waals surface area contributed by atoms with Crippen LogP contribution in [0.15, 0.2) is 47.3 Å². The van der Waals surface area contributed by atoms with Gasteiger partial charge in [-0.25, -0.2) is 0 Å². The Hall–Kier alpha value is -1.58. The molecular formula is C13H7ClO2S. The van der Waals surface area contributed by atoms with E-state index in [4.69, 9.17) is 11.9 Å². The van der Waals surface area contributed by atoms with Gasteiger partial charge in [0.2, 0.25) is 0 Å². The summed E-state index contributed by atoms with van der Waals surface area (Å²) in [4.78, 5) is 12.3. The highest BCUT2D eigenvalue weighted by molar-refractivity contribution is 7.24. The second kappa shape index (κ2) is 4.02. The van der Waals surface area contributed by atoms with E-state index in [1.807, 2.05) is 30.3 Å². The van der Waals surface area contributed by atoms with Crippen LogP contribution in [-0.2, 0) is 0 Å². The summed E-state index contributed by atoms with van der Waals surface area (Å²) < 4.78 is 6.55. The van der Waals surface area contributed by atoms with Crippen molar-refractivity contribution in [1.82, 2.24) is 0 Å². The van der Waals surface area contributed by atoms with Gasteiger partial charge in [-0.3, -0.25) is 4.79 Å². The molecule has 0 aliphatic heterocycles. The van der Waals surface area contributed by atoms with Gasteiger partial charge >= 0.3 is 0 Å². The minimum Gasteiger partial charge on any atom is -0.386 e. The molecule has 3 aromatic rings. The van der Waals surface area contributed by atoms with Crippen molar-refractivity contribution in [3.63, 3.8) is 0 Å². The zero-order chi connectivity index (χ0) is 11.8. The van der Waals surface area contributed by atoms with E-state index < -0.39 is 0 Å². The molecule has 4 heteroatoms. The van der Waals surface area contributed by atoms with Gasteiger partial charge in [-0.05, 0) is 30.3 Å². The smallest absolute Gasteiger partial charge is 0.196 e. The largest absolute Gasteiger partial charge is 0.386 e. The fourth-order valence-electron chi connectivity index (χ4n) is 1.83. The van der Waals surface area contributed by atoms with Gasteiger partial charge in [0.15, 0.2) is 5.43 Å². The van der Waals surface area contributed by atoms with Crippen LogP contribution in [0.4, 0.5) is 0 Å². The van der Waals surface area contributed by atoms with Crippen molar-refractivity contribution >= 4 is 43.4 Å². The molecule has 84 valence electrons. The quantitative estimate of drug-likeness (QED) is 0.621. The maximum absolute atomic E-state index is 12.3. The topological polar surface area (TPSA) is 26.3 Å². The highest BCUT2D eigenvalue weighted by atomic mass is 35.5. The molecule has 0 N–H and O–H groups in total. The van der Waals surface area contributed by atoms with Crippen LogP contribution >= 0.6 is 23.2 Å². The fourth-order valence-corrected chi connectivity index (χ4v) is 2.98. The molecule has 2 nitrogen and oxygen atoms in total. The molecule has 0 amide bonds. The molecule has 1 heterocycles. The molecule has 0 saturated heterocycles. The van der Waals surface area contributed by atoms with Crippen LogP contribution < -0.4 is 9.72 Å². The highest BCUT2D eigenvalue weighted by Crippen LogP contribution is 2.27. The lowest BCUT2D eigenvalue weighted by molar-refractivity contribution is 0.620. The lowest BCUT2D eigenvalue weighted by Gasteiger charge is -2.01. The van der Waals surface area contributed by atoms with E-state index in [1.54, 1.807) is 23.5 Å². The SMILES string of the molecule is O=c1c2ccccc2sc2ccc(OCl)cc12. The fraction of sp³-hybridized carbons (Fsp3) is 0. The second-order valence-corrected chi connectivity index (χ2v) is 4.90. The third kappa shape index (κ3) is 1.68. The van der Waals surface area contributed by atoms with Crippen LogP contribution in [0.25, 0.3) is 20.2 Å². The Labute approximate surface area is 106 Å². The Morgan fingerprint density at radius 2 is 1.76 bits per heavy atom. The number of fused-ring (bicyclic) bond motifs is 2. The summed E-state index contributed by atoms with van der Waals surface area (Å²) in [5, 5.41) is 1.38. The van der Waals surface area contributed by atoms with Crippen molar-refractivity contribution in [2.24, 2.45) is 0 Å². The number of rotatable bonds is 1. The highest BCUT2D eigenvalue weighted by Gasteiger charge is 2.06. The Kier molecular flexibility index (Phi) is 2.50. The van der Waals surface area contributed by atoms with Crippen molar-refractivity contribution in [3.8, 4) is 5.75 Å². The minimum absolute atomic E-state index is 0.0184. The van der Waals surface area contributed by atoms with E-state index in [9.17, 15) is 4.79 Å². The molecule has 0 bridgehead atoms. The maximum atomic E-state index is 12.3. The number of benzene rings is 2. The lowest BCUT2D eigenvalue weighted by Crippen LogP contribution is -2.00. The summed E-state index contributed by atoms with van der Waals surface area (Å²) in [6.07, 6.45) is 0. The Balaban J connectivity index is 2.51. The van der Waals surface area contributed by atoms with Gasteiger partial charge in [-0.2, -0.15) is 0 Å². The summed E-state index contributed by atoms with van der Waals surface area (Å²) in [6, 6.07) is 12.9. The van der Waals surface area contributed by atoms with E-state index in [-0.39, 0.29) is 5.43 Å². The summed E-state index contributed by atoms with van der Waals surface area (Å²) in [5.74, 6) is 0.485. The molecule has 0 fully saturated rings. The average Bonchev–Trinajstić information content (AvgIpc) is 2.39. The van der Waals surface area contributed by atoms with Crippen molar-refractivity contribution in [2.45, 2.75) is 0 Å². The molecular weight excluding hydrogens is 256 g/mol. The van der Waals surface area contributed by atoms with Crippen molar-refractivity contribution < 1.29 is 4.29 Å². The van der Waals surface area contributed by atoms with Crippen molar-refractivity contribution in [3.05, 3.63) is 52.7 Å². The van der Waals surface area contributed by atoms with Gasteiger partial charge in [0.25, 0.3) is 0 Å². The zero-order valence-corrected chi connectivity index (χ0v) is 10.2. The van der Waals surface area contributed by atoms with E-state index >= 15 is 0 Å². The first-order valence-corrected chi connectivity index (χ1v) is 6.16. The first-order chi connectivity index (χ1) is 8.29. The molecule has 0 unspecified atom stereocenters. The van der Waals surface area contributed by atoms with Crippen molar-refractivity contribution in [2.75, 3.05) is 0 Å². The first kappa shape index (κ1) is 10.6. The Bertz CT molecular complexity index is 764. The summed E-state index contributed by atoms with van der Waals surface area (Å²) in [7, 11) is 0. The van der Waals surface area contributed by atoms with E-state index in [0.717, 1.165) is 14.8 Å². The molecule has 0 saturated carbocycles. The monoisotopic (exact) mass is 262 g/mol. The van der Waals surface area contributed by atoms with Gasteiger partial charge in [0.1, 0.15) is 17.6 Å². The molecule has 17 heavy (non-hydrogen) atoms. The predicted molar refractivity (Wildman–Crippen MR) is 72.1 cm³/mol. The molecule has 0 spiro atoms. The van der Waals surface area contributed by atoms with Gasteiger partial charge in [0.05, 0.1) is 0 Å². The van der Waals surface area contributed by atoms with Crippen LogP contribution in [-0.4, -0.2) is 0 Å². The van der Waals surface area contributed by atoms with Gasteiger partial charge in [-0.15, -0.1) is 11.3 Å². The van der Waals surface area contributed by atoms with E-state index in [0.29, 0.717) is 11.1 Å². The van der Waals surface area contributed by atoms with Crippen molar-refractivity contribution in [1.29, 1.82) is 0 Å². The van der Waals surface area contributed by atoms with Gasteiger partial charge in [0, 0.05) is 20.2 Å². The third-order valence-electron chi connectivity index (χ3n) is 2.64. The minimum atomic E-state index is 0.0184. The molecule has 3 rings (SSSR count). The zero-order valence-electron chi connectivity index (χ0n) is 8.64. The third-order valence-corrected chi connectivity index (χ3v) is 3.97. The predicted octanol–water partition coefficient (Wildman–Crippen LogP) is 3.95. The molecule has 1 aromatic heterocycles. The lowest BCUT2D eigenvalue weighted by atomic mass is 10.2. The Morgan fingerprint density at radius 3 is 2.59 bits per heavy atom. The summed E-state index contributed by atoms with van der Waals surface area (Å²) in [5.41, 5.74) is 0.0184. The number of hydrogen-bond donors (Lipinski definition) is 0. The molecule has 2 aromatic carbocycles. The molecule has 0 atom stereocenters. The van der Waals surface area contributed by atoms with E-state index in [2.05, 4.69) is 4.29 Å². The van der Waals surface area contributed by atoms with Crippen LogP contribution in [0.5, 0.6) is 5.75 Å². The molecule has 0 aliphatic carbocycles. The summed E-state index contributed by atoms with van der Waals surface area (Å²) >= 11 is 6.89. The van der Waals surface area contributed by atoms with Crippen LogP contribution in [0, 0.1) is 0 Å². The Morgan fingerprint density at radius 1 is 1.00 bits per heavy atom. The number of halogens is 1. The summed E-state index contributed by atoms with van der Waals surface area (Å²) in [6.45, 7) is 0. The van der Waals surface area contributed by atoms with Crippen LogP contribution in [0.3, 0.4) is 0 Å². The number of hydrogen-bond acceptors (Lipinski definition) is 3. The molecule has 0 aliphatic rings. The van der Waals surface area contributed by atoms with Gasteiger partial charge < -0.3 is 4.29 Å². The van der Waals surface area contributed by atoms with E-state index in [1.165, 1.54) is 0 Å². The normalized spacial score (nSPS) is 10.9. The first-order valence-electron chi connectivity index (χ1n) is 5.04. The van der Waals surface area contributed by atoms with Crippen LogP contribution in [0.1, 0.15) is 0 Å². The second-order valence-electron chi connectivity index (χ2n) is 3.66. The van der Waals surface area contributed by atoms with Gasteiger partial charge in [-0.1, -0.05) is 12.1 Å². The van der Waals surface area contributed by atoms with Crippen LogP contribution in [0.2, 0.25) is 0 Å². The standard InChI is InChI=1S/C13H7ClO2S/c14-16-8-5-6-12-10(7-8)13(15)9-3-1-2-4-11(9)17-12/h1-7H. The average molecular weight is 263 g/mol. The molecule has 0 radical (unpaired) electrons.